The van der Waals surface area contributed by atoms with Crippen LogP contribution < -0.4 is 0 Å². The predicted octanol–water partition coefficient (Wildman–Crippen LogP) is 1.44. The molecule has 2 heteroatoms. The molecule has 0 spiro atoms. The van der Waals surface area contributed by atoms with Gasteiger partial charge < -0.3 is 0 Å². The van der Waals surface area contributed by atoms with Crippen LogP contribution >= 0.6 is 0 Å². The summed E-state index contributed by atoms with van der Waals surface area (Å²) in [5.41, 5.74) is 0. The zero-order valence-electron chi connectivity index (χ0n) is 4.76. The topological polar surface area (TPSA) is 0 Å². The number of benzene rings is 1. The van der Waals surface area contributed by atoms with E-state index in [0.29, 0.717) is 0 Å². The molecule has 0 aliphatic heterocycles. The molecule has 0 atom stereocenters. The zero-order valence-corrected chi connectivity index (χ0v) is 6.76. The van der Waals surface area contributed by atoms with Crippen LogP contribution in [0.3, 0.4) is 0 Å². The van der Waals surface area contributed by atoms with Crippen molar-refractivity contribution in [3.05, 3.63) is 36.1 Å². The molecule has 37 valence electrons. The Morgan fingerprint density at radius 3 is 1.75 bits per heavy atom. The van der Waals surface area contributed by atoms with E-state index in [1.165, 1.54) is 12.1 Å². The van der Waals surface area contributed by atoms with Crippen molar-refractivity contribution in [3.8, 4) is 0 Å². The summed E-state index contributed by atoms with van der Waals surface area (Å²) in [5.74, 6) is -0.178. The minimum Gasteiger partial charge on any atom is -0.207 e. The van der Waals surface area contributed by atoms with E-state index in [-0.39, 0.29) is 35.4 Å². The zero-order chi connectivity index (χ0) is 5.11. The third-order valence-electron chi connectivity index (χ3n) is 0.733. The van der Waals surface area contributed by atoms with Gasteiger partial charge in [-0.1, -0.05) is 18.2 Å². The fourth-order valence-electron chi connectivity index (χ4n) is 0.415. The predicted molar refractivity (Wildman–Crippen MR) is 32.2 cm³/mol. The van der Waals surface area contributed by atoms with Crippen LogP contribution in [0.25, 0.3) is 0 Å². The first-order valence-corrected chi connectivity index (χ1v) is 2.10. The van der Waals surface area contributed by atoms with Gasteiger partial charge in [-0.3, -0.25) is 0 Å². The van der Waals surface area contributed by atoms with Crippen molar-refractivity contribution in [2.75, 3.05) is 0 Å². The van der Waals surface area contributed by atoms with E-state index in [9.17, 15) is 4.39 Å². The molecule has 0 saturated heterocycles. The molecule has 0 heterocycles. The van der Waals surface area contributed by atoms with Gasteiger partial charge in [0.1, 0.15) is 5.82 Å². The average Bonchev–Trinajstić information content (AvgIpc) is 1.69. The van der Waals surface area contributed by atoms with E-state index in [4.69, 9.17) is 0 Å². The molecule has 0 aliphatic carbocycles. The van der Waals surface area contributed by atoms with Crippen molar-refractivity contribution in [2.24, 2.45) is 0 Å². The number of rotatable bonds is 0. The van der Waals surface area contributed by atoms with Gasteiger partial charge >= 0.3 is 0 Å². The van der Waals surface area contributed by atoms with E-state index < -0.39 is 0 Å². The molecule has 1 aromatic carbocycles. The summed E-state index contributed by atoms with van der Waals surface area (Å²) < 4.78 is 11.9. The number of hydrogen-bond donors (Lipinski definition) is 0. The molecule has 0 unspecified atom stereocenters. The second-order valence-corrected chi connectivity index (χ2v) is 1.30. The van der Waals surface area contributed by atoms with E-state index in [1.807, 2.05) is 0 Å². The monoisotopic (exact) mass is 119 g/mol. The SMILES string of the molecule is Fc1ccccc1.[Na]. The third kappa shape index (κ3) is 2.46. The molecule has 0 bridgehead atoms. The van der Waals surface area contributed by atoms with Crippen molar-refractivity contribution in [3.63, 3.8) is 0 Å². The molecule has 8 heavy (non-hydrogen) atoms. The second kappa shape index (κ2) is 4.07. The molecular weight excluding hydrogens is 114 g/mol. The summed E-state index contributed by atoms with van der Waals surface area (Å²) in [6, 6.07) is 7.94. The number of halogens is 1. The summed E-state index contributed by atoms with van der Waals surface area (Å²) in [4.78, 5) is 0. The molecule has 0 aromatic heterocycles. The minimum absolute atomic E-state index is 0. The molecule has 0 fully saturated rings. The van der Waals surface area contributed by atoms with E-state index in [0.717, 1.165) is 0 Å². The Labute approximate surface area is 70.0 Å². The summed E-state index contributed by atoms with van der Waals surface area (Å²) in [6.07, 6.45) is 0. The Morgan fingerprint density at radius 2 is 1.50 bits per heavy atom. The third-order valence-corrected chi connectivity index (χ3v) is 0.733. The molecule has 0 N–H and O–H groups in total. The smallest absolute Gasteiger partial charge is 0.123 e. The summed E-state index contributed by atoms with van der Waals surface area (Å²) >= 11 is 0. The first kappa shape index (κ1) is 8.15. The Kier molecular flexibility index (Phi) is 4.15. The van der Waals surface area contributed by atoms with Crippen LogP contribution in [-0.4, -0.2) is 29.6 Å². The van der Waals surface area contributed by atoms with Crippen molar-refractivity contribution in [1.82, 2.24) is 0 Å². The van der Waals surface area contributed by atoms with Gasteiger partial charge in [-0.05, 0) is 12.1 Å². The Bertz CT molecular complexity index is 138. The Morgan fingerprint density at radius 1 is 1.00 bits per heavy atom. The summed E-state index contributed by atoms with van der Waals surface area (Å²) in [7, 11) is 0. The molecule has 0 aliphatic rings. The largest absolute Gasteiger partial charge is 0.207 e. The molecule has 0 saturated carbocycles. The van der Waals surface area contributed by atoms with E-state index >= 15 is 0 Å². The fourth-order valence-corrected chi connectivity index (χ4v) is 0.415. The normalized spacial score (nSPS) is 7.62. The van der Waals surface area contributed by atoms with Gasteiger partial charge in [0, 0.05) is 29.6 Å². The van der Waals surface area contributed by atoms with Gasteiger partial charge in [-0.2, -0.15) is 0 Å². The van der Waals surface area contributed by atoms with Gasteiger partial charge in [-0.15, -0.1) is 0 Å². The van der Waals surface area contributed by atoms with Crippen LogP contribution in [-0.2, 0) is 0 Å². The van der Waals surface area contributed by atoms with Crippen LogP contribution in [0.15, 0.2) is 30.3 Å². The van der Waals surface area contributed by atoms with Gasteiger partial charge in [0.05, 0.1) is 0 Å². The summed E-state index contributed by atoms with van der Waals surface area (Å²) in [5, 5.41) is 0. The molecule has 1 rings (SSSR count). The van der Waals surface area contributed by atoms with Gasteiger partial charge in [0.2, 0.25) is 0 Å². The van der Waals surface area contributed by atoms with Crippen molar-refractivity contribution < 1.29 is 4.39 Å². The van der Waals surface area contributed by atoms with Crippen LogP contribution in [0.4, 0.5) is 4.39 Å². The van der Waals surface area contributed by atoms with Gasteiger partial charge in [-0.25, -0.2) is 4.39 Å². The van der Waals surface area contributed by atoms with Crippen LogP contribution in [0.5, 0.6) is 0 Å². The maximum Gasteiger partial charge on any atom is 0.123 e. The standard InChI is InChI=1S/C6H5F.Na/c7-6-4-2-1-3-5-6;/h1-5H;. The van der Waals surface area contributed by atoms with Crippen LogP contribution in [0, 0.1) is 5.82 Å². The maximum atomic E-state index is 11.9. The van der Waals surface area contributed by atoms with Crippen molar-refractivity contribution in [2.45, 2.75) is 0 Å². The first-order chi connectivity index (χ1) is 3.39. The average molecular weight is 119 g/mol. The molecular formula is C6H5FNa. The molecule has 0 nitrogen and oxygen atoms in total. The van der Waals surface area contributed by atoms with Crippen LogP contribution in [0.2, 0.25) is 0 Å². The Hall–Kier alpha value is 0.150. The molecule has 0 amide bonds. The fraction of sp³-hybridized carbons (Fsp3) is 0. The minimum atomic E-state index is -0.178. The number of hydrogen-bond acceptors (Lipinski definition) is 0. The van der Waals surface area contributed by atoms with Crippen molar-refractivity contribution in [1.29, 1.82) is 0 Å². The summed E-state index contributed by atoms with van der Waals surface area (Å²) in [6.45, 7) is 0. The van der Waals surface area contributed by atoms with Crippen molar-refractivity contribution >= 4 is 29.6 Å². The molecule has 1 aromatic rings. The van der Waals surface area contributed by atoms with E-state index in [1.54, 1.807) is 18.2 Å². The second-order valence-electron chi connectivity index (χ2n) is 1.30. The molecule has 1 radical (unpaired) electrons. The van der Waals surface area contributed by atoms with Gasteiger partial charge in [0.15, 0.2) is 0 Å². The first-order valence-electron chi connectivity index (χ1n) is 2.10. The Balaban J connectivity index is 0.000000490. The van der Waals surface area contributed by atoms with Gasteiger partial charge in [0.25, 0.3) is 0 Å². The quantitative estimate of drug-likeness (QED) is 0.453. The maximum absolute atomic E-state index is 11.9. The van der Waals surface area contributed by atoms with E-state index in [2.05, 4.69) is 0 Å². The van der Waals surface area contributed by atoms with Crippen LogP contribution in [0.1, 0.15) is 0 Å².